The van der Waals surface area contributed by atoms with E-state index in [1.165, 1.54) is 0 Å². The third-order valence-electron chi connectivity index (χ3n) is 3.85. The van der Waals surface area contributed by atoms with Crippen LogP contribution >= 0.6 is 0 Å². The van der Waals surface area contributed by atoms with Crippen molar-refractivity contribution in [3.8, 4) is 0 Å². The van der Waals surface area contributed by atoms with Crippen LogP contribution in [-0.4, -0.2) is 6.98 Å². The fraction of sp³-hybridized carbons (Fsp3) is 0. The summed E-state index contributed by atoms with van der Waals surface area (Å²) in [7, 11) is 0. The Kier molecular flexibility index (Phi) is 2.79. The van der Waals surface area contributed by atoms with Gasteiger partial charge in [0.15, 0.2) is 11.6 Å². The molecule has 4 rings (SSSR count). The minimum atomic E-state index is -1.19. The highest BCUT2D eigenvalue weighted by molar-refractivity contribution is 6.80. The Bertz CT molecular complexity index is 857. The van der Waals surface area contributed by atoms with Gasteiger partial charge in [0, 0.05) is 28.3 Å². The molecule has 3 aromatic rings. The molecule has 0 radical (unpaired) electrons. The molecular formula is C16H10BF3N2. The maximum absolute atomic E-state index is 14.0. The monoisotopic (exact) mass is 298 g/mol. The molecule has 2 nitrogen and oxygen atoms in total. The van der Waals surface area contributed by atoms with Crippen molar-refractivity contribution in [2.45, 2.75) is 0 Å². The summed E-state index contributed by atoms with van der Waals surface area (Å²) >= 11 is 0. The molecule has 1 aliphatic rings. The van der Waals surface area contributed by atoms with Crippen molar-refractivity contribution in [3.63, 3.8) is 0 Å². The lowest BCUT2D eigenvalue weighted by Crippen LogP contribution is -2.49. The van der Waals surface area contributed by atoms with Crippen molar-refractivity contribution < 1.29 is 13.2 Å². The summed E-state index contributed by atoms with van der Waals surface area (Å²) in [5, 5.41) is 8.28. The molecule has 108 valence electrons. The smallest absolute Gasteiger partial charge is 0.405 e. The highest BCUT2D eigenvalue weighted by Gasteiger charge is 2.29. The van der Waals surface area contributed by atoms with E-state index in [4.69, 9.17) is 0 Å². The largest absolute Gasteiger partial charge is 0.409 e. The van der Waals surface area contributed by atoms with Crippen LogP contribution in [0.2, 0.25) is 0 Å². The topological polar surface area (TPSA) is 24.1 Å². The number of hydrogen-bond donors (Lipinski definition) is 2. The van der Waals surface area contributed by atoms with Crippen LogP contribution in [0.15, 0.2) is 48.5 Å². The van der Waals surface area contributed by atoms with Gasteiger partial charge in [-0.1, -0.05) is 24.3 Å². The lowest BCUT2D eigenvalue weighted by molar-refractivity contribution is 0.497. The zero-order chi connectivity index (χ0) is 15.3. The first-order valence-corrected chi connectivity index (χ1v) is 6.83. The number of rotatable bonds is 1. The molecule has 6 heteroatoms. The lowest BCUT2D eigenvalue weighted by atomic mass is 9.65. The van der Waals surface area contributed by atoms with Crippen LogP contribution in [0, 0.1) is 17.5 Å². The van der Waals surface area contributed by atoms with Crippen molar-refractivity contribution in [3.05, 3.63) is 66.0 Å². The number of benzene rings is 3. The van der Waals surface area contributed by atoms with Gasteiger partial charge in [0.25, 0.3) is 0 Å². The van der Waals surface area contributed by atoms with Crippen molar-refractivity contribution in [2.75, 3.05) is 10.5 Å². The van der Waals surface area contributed by atoms with Gasteiger partial charge >= 0.3 is 6.98 Å². The highest BCUT2D eigenvalue weighted by atomic mass is 19.2. The average Bonchev–Trinajstić information content (AvgIpc) is 2.51. The predicted molar refractivity (Wildman–Crippen MR) is 82.9 cm³/mol. The molecule has 2 N–H and O–H groups in total. The van der Waals surface area contributed by atoms with Crippen molar-refractivity contribution in [2.24, 2.45) is 0 Å². The highest BCUT2D eigenvalue weighted by Crippen LogP contribution is 2.33. The molecular weight excluding hydrogens is 288 g/mol. The van der Waals surface area contributed by atoms with Crippen LogP contribution in [0.1, 0.15) is 0 Å². The molecule has 0 saturated heterocycles. The maximum atomic E-state index is 14.0. The van der Waals surface area contributed by atoms with E-state index < -0.39 is 24.4 Å². The van der Waals surface area contributed by atoms with Gasteiger partial charge in [0.05, 0.1) is 0 Å². The molecule has 0 spiro atoms. The zero-order valence-corrected chi connectivity index (χ0v) is 11.3. The number of hydrogen-bond acceptors (Lipinski definition) is 2. The molecule has 0 fully saturated rings. The van der Waals surface area contributed by atoms with Gasteiger partial charge < -0.3 is 10.5 Å². The fourth-order valence-electron chi connectivity index (χ4n) is 2.84. The molecule has 0 atom stereocenters. The Morgan fingerprint density at radius 1 is 0.727 bits per heavy atom. The molecule has 0 unspecified atom stereocenters. The molecule has 0 bridgehead atoms. The lowest BCUT2D eigenvalue weighted by Gasteiger charge is -2.27. The second-order valence-corrected chi connectivity index (χ2v) is 5.22. The Balaban J connectivity index is 1.84. The summed E-state index contributed by atoms with van der Waals surface area (Å²) in [6, 6.07) is 12.9. The van der Waals surface area contributed by atoms with E-state index in [1.807, 2.05) is 36.4 Å². The minimum absolute atomic E-state index is 0.0328. The summed E-state index contributed by atoms with van der Waals surface area (Å²) in [6.45, 7) is -0.671. The SMILES string of the molecule is Fc1cc(F)c(B2Nc3cccc4cccc(c34)N2)cc1F. The normalized spacial score (nSPS) is 13.0. The molecule has 3 aromatic carbocycles. The van der Waals surface area contributed by atoms with Gasteiger partial charge in [-0.2, -0.15) is 0 Å². The molecule has 1 aliphatic heterocycles. The first kappa shape index (κ1) is 13.1. The van der Waals surface area contributed by atoms with Gasteiger partial charge in [-0.05, 0) is 23.6 Å². The average molecular weight is 298 g/mol. The quantitative estimate of drug-likeness (QED) is 0.531. The van der Waals surface area contributed by atoms with Crippen LogP contribution in [-0.2, 0) is 0 Å². The van der Waals surface area contributed by atoms with Crippen LogP contribution in [0.3, 0.4) is 0 Å². The summed E-state index contributed by atoms with van der Waals surface area (Å²) < 4.78 is 40.5. The number of halogens is 3. The van der Waals surface area contributed by atoms with Crippen molar-refractivity contribution in [1.82, 2.24) is 0 Å². The van der Waals surface area contributed by atoms with Gasteiger partial charge in [0.2, 0.25) is 0 Å². The van der Waals surface area contributed by atoms with E-state index in [0.29, 0.717) is 6.07 Å². The fourth-order valence-corrected chi connectivity index (χ4v) is 2.84. The van der Waals surface area contributed by atoms with Gasteiger partial charge in [-0.3, -0.25) is 0 Å². The Hall–Kier alpha value is -2.63. The molecule has 1 heterocycles. The number of nitrogens with one attached hydrogen (secondary N) is 2. The Morgan fingerprint density at radius 2 is 1.32 bits per heavy atom. The first-order valence-electron chi connectivity index (χ1n) is 6.83. The molecule has 0 saturated carbocycles. The van der Waals surface area contributed by atoms with Crippen LogP contribution < -0.4 is 15.9 Å². The van der Waals surface area contributed by atoms with E-state index in [1.54, 1.807) is 0 Å². The second kappa shape index (κ2) is 4.69. The molecule has 0 aromatic heterocycles. The van der Waals surface area contributed by atoms with Gasteiger partial charge in [0.1, 0.15) is 5.82 Å². The Morgan fingerprint density at radius 3 is 1.95 bits per heavy atom. The van der Waals surface area contributed by atoms with E-state index in [9.17, 15) is 13.2 Å². The molecule has 0 amide bonds. The van der Waals surface area contributed by atoms with E-state index in [2.05, 4.69) is 10.5 Å². The van der Waals surface area contributed by atoms with Gasteiger partial charge in [-0.25, -0.2) is 13.2 Å². The molecule has 0 aliphatic carbocycles. The summed E-state index contributed by atoms with van der Waals surface area (Å²) in [6.07, 6.45) is 0. The third-order valence-corrected chi connectivity index (χ3v) is 3.85. The second-order valence-electron chi connectivity index (χ2n) is 5.22. The van der Waals surface area contributed by atoms with Crippen molar-refractivity contribution in [1.29, 1.82) is 0 Å². The maximum Gasteiger partial charge on any atom is 0.409 e. The van der Waals surface area contributed by atoms with Crippen LogP contribution in [0.25, 0.3) is 10.8 Å². The minimum Gasteiger partial charge on any atom is -0.405 e. The van der Waals surface area contributed by atoms with Crippen LogP contribution in [0.4, 0.5) is 24.5 Å². The summed E-state index contributed by atoms with van der Waals surface area (Å²) in [5.74, 6) is -3.06. The van der Waals surface area contributed by atoms with E-state index in [0.717, 1.165) is 28.2 Å². The molecule has 22 heavy (non-hydrogen) atoms. The first-order chi connectivity index (χ1) is 10.6. The summed E-state index contributed by atoms with van der Waals surface area (Å²) in [4.78, 5) is 0. The Labute approximate surface area is 125 Å². The van der Waals surface area contributed by atoms with Gasteiger partial charge in [-0.15, -0.1) is 0 Å². The van der Waals surface area contributed by atoms with E-state index in [-0.39, 0.29) is 5.46 Å². The number of anilines is 2. The van der Waals surface area contributed by atoms with Crippen LogP contribution in [0.5, 0.6) is 0 Å². The standard InChI is InChI=1S/C16H10BF3N2/c18-11-8-13(20)12(19)7-10(11)17-21-14-5-1-3-9-4-2-6-15(22-17)16(9)14/h1-8,21-22H. The zero-order valence-electron chi connectivity index (χ0n) is 11.3. The third kappa shape index (κ3) is 1.91. The predicted octanol–water partition coefficient (Wildman–Crippen LogP) is 3.49. The van der Waals surface area contributed by atoms with E-state index >= 15 is 0 Å². The summed E-state index contributed by atoms with van der Waals surface area (Å²) in [5.41, 5.74) is 1.67. The van der Waals surface area contributed by atoms with Crippen molar-refractivity contribution >= 4 is 34.6 Å².